The van der Waals surface area contributed by atoms with Crippen LogP contribution in [-0.2, 0) is 10.3 Å². The van der Waals surface area contributed by atoms with Gasteiger partial charge in [0.2, 0.25) is 0 Å². The smallest absolute Gasteiger partial charge is 0.328 e. The van der Waals surface area contributed by atoms with Crippen LogP contribution >= 0.6 is 0 Å². The molecule has 1 aromatic rings. The molecule has 0 amide bonds. The second-order valence-electron chi connectivity index (χ2n) is 5.31. The molecule has 3 N–H and O–H groups in total. The monoisotopic (exact) mass is 263 g/mol. The number of hydrogen-bond donors (Lipinski definition) is 2. The summed E-state index contributed by atoms with van der Waals surface area (Å²) in [6, 6.07) is 3.76. The average Bonchev–Trinajstić information content (AvgIpc) is 3.17. The number of carboxylic acid groups (broad SMARTS) is 1. The van der Waals surface area contributed by atoms with Crippen LogP contribution in [0.25, 0.3) is 0 Å². The van der Waals surface area contributed by atoms with E-state index < -0.39 is 11.5 Å². The average molecular weight is 263 g/mol. The molecule has 1 aliphatic rings. The number of aliphatic carboxylic acids is 1. The summed E-state index contributed by atoms with van der Waals surface area (Å²) < 4.78 is 5.60. The van der Waals surface area contributed by atoms with E-state index in [0.29, 0.717) is 17.9 Å². The fourth-order valence-electron chi connectivity index (χ4n) is 2.44. The molecule has 4 heteroatoms. The molecular formula is C15H21NO3. The summed E-state index contributed by atoms with van der Waals surface area (Å²) >= 11 is 0. The van der Waals surface area contributed by atoms with Gasteiger partial charge >= 0.3 is 5.97 Å². The Morgan fingerprint density at radius 2 is 2.00 bits per heavy atom. The molecular weight excluding hydrogens is 242 g/mol. The molecule has 104 valence electrons. The van der Waals surface area contributed by atoms with Gasteiger partial charge in [-0.3, -0.25) is 0 Å². The van der Waals surface area contributed by atoms with Gasteiger partial charge in [-0.25, -0.2) is 4.79 Å². The Bertz CT molecular complexity index is 508. The predicted octanol–water partition coefficient (Wildman–Crippen LogP) is 2.35. The third-order valence-corrected chi connectivity index (χ3v) is 3.92. The molecule has 0 saturated heterocycles. The minimum Gasteiger partial charge on any atom is -0.493 e. The molecule has 0 aromatic heterocycles. The molecule has 0 bridgehead atoms. The quantitative estimate of drug-likeness (QED) is 0.855. The lowest BCUT2D eigenvalue weighted by atomic mass is 9.84. The second-order valence-corrected chi connectivity index (χ2v) is 5.31. The van der Waals surface area contributed by atoms with Crippen molar-refractivity contribution < 1.29 is 14.6 Å². The number of carboxylic acids is 1. The van der Waals surface area contributed by atoms with Gasteiger partial charge in [0.25, 0.3) is 0 Å². The van der Waals surface area contributed by atoms with E-state index in [4.69, 9.17) is 10.5 Å². The highest BCUT2D eigenvalue weighted by Crippen LogP contribution is 2.47. The fourth-order valence-corrected chi connectivity index (χ4v) is 2.44. The van der Waals surface area contributed by atoms with E-state index in [2.05, 4.69) is 0 Å². The van der Waals surface area contributed by atoms with Gasteiger partial charge < -0.3 is 15.6 Å². The molecule has 1 aromatic carbocycles. The maximum Gasteiger partial charge on any atom is 0.328 e. The number of aryl methyl sites for hydroxylation is 2. The minimum absolute atomic E-state index is 0.00584. The summed E-state index contributed by atoms with van der Waals surface area (Å²) in [5.41, 5.74) is 7.63. The molecule has 1 saturated carbocycles. The molecule has 0 radical (unpaired) electrons. The van der Waals surface area contributed by atoms with Crippen LogP contribution in [0.1, 0.15) is 36.5 Å². The predicted molar refractivity (Wildman–Crippen MR) is 73.3 cm³/mol. The first-order valence-electron chi connectivity index (χ1n) is 6.68. The van der Waals surface area contributed by atoms with Crippen LogP contribution in [0.15, 0.2) is 12.1 Å². The normalized spacial score (nSPS) is 17.9. The number of ether oxygens (including phenoxy) is 1. The second kappa shape index (κ2) is 4.85. The van der Waals surface area contributed by atoms with Crippen molar-refractivity contribution >= 4 is 5.97 Å². The van der Waals surface area contributed by atoms with Crippen LogP contribution in [0, 0.1) is 19.8 Å². The first-order chi connectivity index (χ1) is 8.91. The van der Waals surface area contributed by atoms with E-state index in [0.717, 1.165) is 24.0 Å². The molecule has 1 atom stereocenters. The lowest BCUT2D eigenvalue weighted by Crippen LogP contribution is -2.47. The van der Waals surface area contributed by atoms with E-state index in [-0.39, 0.29) is 5.92 Å². The molecule has 0 aliphatic heterocycles. The summed E-state index contributed by atoms with van der Waals surface area (Å²) in [6.07, 6.45) is 1.72. The van der Waals surface area contributed by atoms with Gasteiger partial charge in [-0.05, 0) is 62.8 Å². The Balaban J connectivity index is 2.58. The Kier molecular flexibility index (Phi) is 3.54. The van der Waals surface area contributed by atoms with E-state index >= 15 is 0 Å². The largest absolute Gasteiger partial charge is 0.493 e. The molecule has 0 spiro atoms. The maximum absolute atomic E-state index is 11.7. The highest BCUT2D eigenvalue weighted by molar-refractivity contribution is 5.83. The van der Waals surface area contributed by atoms with E-state index in [1.807, 2.05) is 32.9 Å². The van der Waals surface area contributed by atoms with Gasteiger partial charge in [0.15, 0.2) is 0 Å². The number of hydrogen-bond acceptors (Lipinski definition) is 3. The van der Waals surface area contributed by atoms with E-state index in [1.165, 1.54) is 0 Å². The molecule has 19 heavy (non-hydrogen) atoms. The van der Waals surface area contributed by atoms with Crippen LogP contribution in [0.5, 0.6) is 5.75 Å². The molecule has 1 unspecified atom stereocenters. The maximum atomic E-state index is 11.7. The topological polar surface area (TPSA) is 72.5 Å². The number of carbonyl (C=O) groups is 1. The van der Waals surface area contributed by atoms with Crippen molar-refractivity contribution in [2.75, 3.05) is 6.61 Å². The van der Waals surface area contributed by atoms with Crippen molar-refractivity contribution in [2.45, 2.75) is 39.2 Å². The lowest BCUT2D eigenvalue weighted by molar-refractivity contribution is -0.144. The highest BCUT2D eigenvalue weighted by atomic mass is 16.5. The van der Waals surface area contributed by atoms with E-state index in [1.54, 1.807) is 0 Å². The SMILES string of the molecule is CCOc1cc(C)c(C)cc1C(N)(C(=O)O)C1CC1. The highest BCUT2D eigenvalue weighted by Gasteiger charge is 2.51. The van der Waals surface area contributed by atoms with Crippen molar-refractivity contribution in [3.8, 4) is 5.75 Å². The Morgan fingerprint density at radius 1 is 1.42 bits per heavy atom. The molecule has 1 aliphatic carbocycles. The summed E-state index contributed by atoms with van der Waals surface area (Å²) in [7, 11) is 0. The number of benzene rings is 1. The third-order valence-electron chi connectivity index (χ3n) is 3.92. The first kappa shape index (κ1) is 13.9. The van der Waals surface area contributed by atoms with E-state index in [9.17, 15) is 9.90 Å². The molecule has 1 fully saturated rings. The summed E-state index contributed by atoms with van der Waals surface area (Å²) in [4.78, 5) is 11.7. The summed E-state index contributed by atoms with van der Waals surface area (Å²) in [5.74, 6) is -0.368. The molecule has 2 rings (SSSR count). The van der Waals surface area contributed by atoms with Crippen molar-refractivity contribution in [3.05, 3.63) is 28.8 Å². The number of rotatable bonds is 5. The van der Waals surface area contributed by atoms with Crippen LogP contribution in [0.4, 0.5) is 0 Å². The molecule has 4 nitrogen and oxygen atoms in total. The first-order valence-corrected chi connectivity index (χ1v) is 6.68. The summed E-state index contributed by atoms with van der Waals surface area (Å²) in [5, 5.41) is 9.57. The van der Waals surface area contributed by atoms with Gasteiger partial charge in [0, 0.05) is 5.56 Å². The fraction of sp³-hybridized carbons (Fsp3) is 0.533. The Labute approximate surface area is 113 Å². The van der Waals surface area contributed by atoms with Crippen LogP contribution in [-0.4, -0.2) is 17.7 Å². The Morgan fingerprint density at radius 3 is 2.47 bits per heavy atom. The van der Waals surface area contributed by atoms with Crippen LogP contribution in [0.3, 0.4) is 0 Å². The summed E-state index contributed by atoms with van der Waals surface area (Å²) in [6.45, 7) is 6.33. The zero-order valence-corrected chi connectivity index (χ0v) is 11.7. The molecule has 0 heterocycles. The van der Waals surface area contributed by atoms with Crippen LogP contribution in [0.2, 0.25) is 0 Å². The lowest BCUT2D eigenvalue weighted by Gasteiger charge is -2.28. The van der Waals surface area contributed by atoms with Gasteiger partial charge in [-0.15, -0.1) is 0 Å². The van der Waals surface area contributed by atoms with Gasteiger partial charge in [0.05, 0.1) is 6.61 Å². The van der Waals surface area contributed by atoms with Gasteiger partial charge in [-0.2, -0.15) is 0 Å². The Hall–Kier alpha value is -1.55. The van der Waals surface area contributed by atoms with Crippen molar-refractivity contribution in [3.63, 3.8) is 0 Å². The zero-order chi connectivity index (χ0) is 14.2. The van der Waals surface area contributed by atoms with Gasteiger partial charge in [-0.1, -0.05) is 0 Å². The minimum atomic E-state index is -1.33. The van der Waals surface area contributed by atoms with Crippen molar-refractivity contribution in [2.24, 2.45) is 11.7 Å². The third kappa shape index (κ3) is 2.32. The van der Waals surface area contributed by atoms with Crippen molar-refractivity contribution in [1.82, 2.24) is 0 Å². The van der Waals surface area contributed by atoms with Crippen LogP contribution < -0.4 is 10.5 Å². The van der Waals surface area contributed by atoms with Gasteiger partial charge in [0.1, 0.15) is 11.3 Å². The standard InChI is InChI=1S/C15H21NO3/c1-4-19-13-8-10(3)9(2)7-12(13)15(16,14(17)18)11-5-6-11/h7-8,11H,4-6,16H2,1-3H3,(H,17,18). The zero-order valence-electron chi connectivity index (χ0n) is 11.7. The number of nitrogens with two attached hydrogens (primary N) is 1. The van der Waals surface area contributed by atoms with Crippen molar-refractivity contribution in [1.29, 1.82) is 0 Å².